The van der Waals surface area contributed by atoms with Gasteiger partial charge < -0.3 is 10.3 Å². The van der Waals surface area contributed by atoms with Crippen molar-refractivity contribution in [1.82, 2.24) is 9.88 Å². The number of carbonyl (C=O) groups is 3. The third-order valence-electron chi connectivity index (χ3n) is 8.61. The van der Waals surface area contributed by atoms with Crippen molar-refractivity contribution >= 4 is 46.5 Å². The first-order valence-corrected chi connectivity index (χ1v) is 14.3. The van der Waals surface area contributed by atoms with Crippen molar-refractivity contribution in [2.45, 2.75) is 29.5 Å². The summed E-state index contributed by atoms with van der Waals surface area (Å²) >= 11 is 2.93. The third kappa shape index (κ3) is 3.47. The number of rotatable bonds is 4. The summed E-state index contributed by atoms with van der Waals surface area (Å²) in [7, 11) is 0. The van der Waals surface area contributed by atoms with Gasteiger partial charge >= 0.3 is 4.87 Å². The Morgan fingerprint density at radius 1 is 1.00 bits per heavy atom. The monoisotopic (exact) mass is 531 g/mol. The Kier molecular flexibility index (Phi) is 5.23. The van der Waals surface area contributed by atoms with Crippen LogP contribution < -0.4 is 10.2 Å². The number of carbonyl (C=O) groups excluding carboxylic acids is 3. The molecule has 0 unspecified atom stereocenters. The smallest absolute Gasteiger partial charge is 0.305 e. The molecule has 4 aliphatic rings. The molecule has 7 atom stereocenters. The molecule has 2 aliphatic carbocycles. The highest BCUT2D eigenvalue weighted by Crippen LogP contribution is 2.68. The number of likely N-dealkylation sites (tertiary alicyclic amines) is 1. The van der Waals surface area contributed by atoms with E-state index in [9.17, 15) is 19.2 Å². The van der Waals surface area contributed by atoms with Crippen LogP contribution in [0.3, 0.4) is 0 Å². The molecule has 0 radical (unpaired) electrons. The van der Waals surface area contributed by atoms with Crippen LogP contribution in [0, 0.1) is 36.5 Å². The van der Waals surface area contributed by atoms with Crippen LogP contribution in [0.1, 0.15) is 28.3 Å². The van der Waals surface area contributed by atoms with Gasteiger partial charge in [-0.25, -0.2) is 0 Å². The van der Waals surface area contributed by atoms with E-state index in [1.807, 2.05) is 49.4 Å². The summed E-state index contributed by atoms with van der Waals surface area (Å²) < 4.78 is 0. The Bertz CT molecular complexity index is 1480. The predicted molar refractivity (Wildman–Crippen MR) is 141 cm³/mol. The Hall–Kier alpha value is -3.17. The summed E-state index contributed by atoms with van der Waals surface area (Å²) in [5.74, 6) is -1.31. The second kappa shape index (κ2) is 8.43. The molecule has 0 spiro atoms. The molecule has 3 amide bonds. The van der Waals surface area contributed by atoms with Crippen molar-refractivity contribution in [2.24, 2.45) is 29.6 Å². The largest absolute Gasteiger partial charge is 0.325 e. The van der Waals surface area contributed by atoms with E-state index < -0.39 is 5.92 Å². The van der Waals surface area contributed by atoms with Crippen LogP contribution in [0.15, 0.2) is 64.4 Å². The van der Waals surface area contributed by atoms with E-state index in [0.717, 1.165) is 27.5 Å². The van der Waals surface area contributed by atoms with E-state index in [0.29, 0.717) is 5.69 Å². The van der Waals surface area contributed by atoms with E-state index in [1.54, 1.807) is 11.8 Å². The number of imide groups is 1. The average Bonchev–Trinajstić information content (AvgIpc) is 3.62. The molecule has 2 aromatic carbocycles. The van der Waals surface area contributed by atoms with Crippen molar-refractivity contribution in [3.8, 4) is 0 Å². The van der Waals surface area contributed by atoms with Crippen LogP contribution >= 0.6 is 23.1 Å². The Morgan fingerprint density at radius 3 is 2.43 bits per heavy atom. The first-order chi connectivity index (χ1) is 17.9. The fourth-order valence-corrected chi connectivity index (χ4v) is 10.1. The Morgan fingerprint density at radius 2 is 1.70 bits per heavy atom. The van der Waals surface area contributed by atoms with Gasteiger partial charge in [-0.3, -0.25) is 24.1 Å². The lowest BCUT2D eigenvalue weighted by atomic mass is 9.68. The number of aryl methyl sites for hydroxylation is 1. The van der Waals surface area contributed by atoms with Crippen LogP contribution in [0.2, 0.25) is 0 Å². The number of aromatic amines is 1. The van der Waals surface area contributed by atoms with Gasteiger partial charge in [0.15, 0.2) is 0 Å². The third-order valence-corrected chi connectivity index (χ3v) is 11.2. The van der Waals surface area contributed by atoms with E-state index in [1.165, 1.54) is 16.2 Å². The van der Waals surface area contributed by atoms with Gasteiger partial charge in [-0.1, -0.05) is 59.4 Å². The number of anilines is 1. The molecule has 9 heteroatoms. The van der Waals surface area contributed by atoms with Gasteiger partial charge in [-0.2, -0.15) is 0 Å². The Balaban J connectivity index is 1.18. The molecule has 7 rings (SSSR count). The number of aromatic nitrogens is 1. The zero-order chi connectivity index (χ0) is 25.4. The van der Waals surface area contributed by atoms with E-state index in [4.69, 9.17) is 0 Å². The van der Waals surface area contributed by atoms with Crippen molar-refractivity contribution in [2.75, 3.05) is 11.9 Å². The fraction of sp³-hybridized carbons (Fsp3) is 0.357. The van der Waals surface area contributed by atoms with Gasteiger partial charge in [0.25, 0.3) is 0 Å². The van der Waals surface area contributed by atoms with Crippen molar-refractivity contribution < 1.29 is 14.4 Å². The number of H-pyrrole nitrogens is 1. The minimum absolute atomic E-state index is 0.0177. The number of thioether (sulfide) groups is 1. The summed E-state index contributed by atoms with van der Waals surface area (Å²) in [4.78, 5) is 57.5. The highest BCUT2D eigenvalue weighted by molar-refractivity contribution is 8.00. The van der Waals surface area contributed by atoms with Crippen molar-refractivity contribution in [3.05, 3.63) is 80.3 Å². The lowest BCUT2D eigenvalue weighted by Gasteiger charge is -2.43. The maximum absolute atomic E-state index is 13.7. The molecule has 188 valence electrons. The number of nitrogens with zero attached hydrogens (tertiary/aromatic N) is 1. The number of amides is 3. The molecule has 3 heterocycles. The summed E-state index contributed by atoms with van der Waals surface area (Å²) in [6.07, 6.45) is 0.834. The molecule has 1 saturated heterocycles. The maximum Gasteiger partial charge on any atom is 0.305 e. The number of fused-ring (bicyclic) bond motifs is 9. The summed E-state index contributed by atoms with van der Waals surface area (Å²) in [5.41, 5.74) is 2.87. The molecule has 2 bridgehead atoms. The summed E-state index contributed by atoms with van der Waals surface area (Å²) in [6, 6.07) is 17.6. The summed E-state index contributed by atoms with van der Waals surface area (Å²) in [5, 5.41) is 3.86. The number of thiazole rings is 1. The van der Waals surface area contributed by atoms with Crippen LogP contribution in [-0.4, -0.2) is 39.4 Å². The van der Waals surface area contributed by atoms with Crippen LogP contribution in [0.5, 0.6) is 0 Å². The zero-order valence-electron chi connectivity index (χ0n) is 20.0. The van der Waals surface area contributed by atoms with Crippen molar-refractivity contribution in [3.63, 3.8) is 0 Å². The molecule has 2 aliphatic heterocycles. The van der Waals surface area contributed by atoms with E-state index in [2.05, 4.69) is 22.4 Å². The molecule has 2 N–H and O–H groups in total. The molecule has 37 heavy (non-hydrogen) atoms. The minimum Gasteiger partial charge on any atom is -0.325 e. The second-order valence-corrected chi connectivity index (χ2v) is 12.8. The first kappa shape index (κ1) is 23.0. The highest BCUT2D eigenvalue weighted by Gasteiger charge is 2.69. The van der Waals surface area contributed by atoms with Crippen LogP contribution in [0.25, 0.3) is 0 Å². The van der Waals surface area contributed by atoms with Crippen LogP contribution in [-0.2, 0) is 14.4 Å². The molecule has 1 aromatic heterocycles. The van der Waals surface area contributed by atoms with Gasteiger partial charge in [0.2, 0.25) is 17.7 Å². The second-order valence-electron chi connectivity index (χ2n) is 10.5. The predicted octanol–water partition coefficient (Wildman–Crippen LogP) is 3.86. The zero-order valence-corrected chi connectivity index (χ0v) is 21.7. The van der Waals surface area contributed by atoms with Gasteiger partial charge in [-0.05, 0) is 48.8 Å². The topological polar surface area (TPSA) is 99.3 Å². The van der Waals surface area contributed by atoms with Gasteiger partial charge in [-0.15, -0.1) is 11.8 Å². The first-order valence-electron chi connectivity index (χ1n) is 12.6. The molecule has 7 nitrogen and oxygen atoms in total. The minimum atomic E-state index is -0.394. The number of hydrogen-bond donors (Lipinski definition) is 2. The molecule has 3 fully saturated rings. The van der Waals surface area contributed by atoms with Crippen molar-refractivity contribution in [1.29, 1.82) is 0 Å². The molecule has 2 saturated carbocycles. The normalized spacial score (nSPS) is 31.3. The maximum atomic E-state index is 13.7. The van der Waals surface area contributed by atoms with E-state index >= 15 is 0 Å². The van der Waals surface area contributed by atoms with Gasteiger partial charge in [0.1, 0.15) is 6.54 Å². The number of benzene rings is 2. The summed E-state index contributed by atoms with van der Waals surface area (Å²) in [6.45, 7) is 1.71. The standard InChI is InChI=1S/C28H25N3O4S2/c1-13-7-9-15(10-8-13)29-18(32)12-31-26(33)21-16-11-17(22(21)27(31)34)23-20(16)19(14-5-3-2-4-6-14)24-25(36-23)30-28(35)37-24/h2-10,16-17,19-23H,11-12H2,1H3,(H,29,32)(H,30,35)/t16-,17-,19+,20-,21+,22-,23-/m1/s1. The molecule has 3 aromatic rings. The lowest BCUT2D eigenvalue weighted by Crippen LogP contribution is -2.42. The lowest BCUT2D eigenvalue weighted by molar-refractivity contribution is -0.143. The van der Waals surface area contributed by atoms with Crippen LogP contribution in [0.4, 0.5) is 5.69 Å². The molecular formula is C28H25N3O4S2. The Labute approximate surface area is 221 Å². The van der Waals surface area contributed by atoms with E-state index in [-0.39, 0.29) is 64.0 Å². The average molecular weight is 532 g/mol. The van der Waals surface area contributed by atoms with Gasteiger partial charge in [0, 0.05) is 21.7 Å². The quantitative estimate of drug-likeness (QED) is 0.498. The number of hydrogen-bond acceptors (Lipinski definition) is 6. The highest BCUT2D eigenvalue weighted by atomic mass is 32.2. The molecular weight excluding hydrogens is 506 g/mol. The number of nitrogens with one attached hydrogen (secondary N) is 2. The SMILES string of the molecule is Cc1ccc(NC(=O)CN2C(=O)[C@@H]3[C@H]4C[C@@H]([C@@H]3C2=O)[C@@H]2[C@H](c3ccccc3)c3sc(=O)[nH]c3S[C@H]42)cc1. The fourth-order valence-electron chi connectivity index (χ4n) is 7.25. The van der Waals surface area contributed by atoms with Gasteiger partial charge in [0.05, 0.1) is 16.9 Å².